The zero-order chi connectivity index (χ0) is 11.4. The fraction of sp³-hybridized carbons (Fsp3) is 0.0769. The van der Waals surface area contributed by atoms with E-state index >= 15 is 0 Å². The van der Waals surface area contributed by atoms with Crippen LogP contribution in [0.25, 0.3) is 0 Å². The van der Waals surface area contributed by atoms with Crippen molar-refractivity contribution >= 4 is 11.6 Å². The summed E-state index contributed by atoms with van der Waals surface area (Å²) in [5.74, 6) is -0.114. The van der Waals surface area contributed by atoms with Crippen molar-refractivity contribution in [3.05, 3.63) is 59.9 Å². The van der Waals surface area contributed by atoms with E-state index in [9.17, 15) is 4.79 Å². The lowest BCUT2D eigenvalue weighted by molar-refractivity contribution is 0.102. The number of benzene rings is 1. The molecule has 3 heteroatoms. The molecular weight excluding hydrogens is 200 g/mol. The number of carbonyl (C=O) groups excluding carboxylic acids is 1. The van der Waals surface area contributed by atoms with Crippen LogP contribution in [-0.2, 0) is 0 Å². The lowest BCUT2D eigenvalue weighted by atomic mass is 10.2. The van der Waals surface area contributed by atoms with Gasteiger partial charge in [-0.3, -0.25) is 9.78 Å². The highest BCUT2D eigenvalue weighted by Gasteiger charge is 2.05. The molecule has 1 aromatic carbocycles. The first kappa shape index (κ1) is 10.4. The van der Waals surface area contributed by atoms with Crippen molar-refractivity contribution in [1.29, 1.82) is 0 Å². The molecule has 1 N–H and O–H groups in total. The second-order valence-corrected chi connectivity index (χ2v) is 3.51. The van der Waals surface area contributed by atoms with Crippen molar-refractivity contribution in [2.24, 2.45) is 0 Å². The third-order valence-electron chi connectivity index (χ3n) is 2.19. The number of hydrogen-bond donors (Lipinski definition) is 1. The van der Waals surface area contributed by atoms with Crippen LogP contribution in [0.2, 0.25) is 0 Å². The standard InChI is InChI=1S/C13H12N2O/c1-10-9-11(7-8-14-10)13(16)15-12-5-3-2-4-6-12/h2-9H,1H3,(H,15,16). The molecule has 0 fully saturated rings. The molecule has 0 saturated heterocycles. The molecule has 0 bridgehead atoms. The van der Waals surface area contributed by atoms with Gasteiger partial charge in [0.2, 0.25) is 0 Å². The molecule has 80 valence electrons. The van der Waals surface area contributed by atoms with Gasteiger partial charge in [-0.25, -0.2) is 0 Å². The van der Waals surface area contributed by atoms with Crippen molar-refractivity contribution < 1.29 is 4.79 Å². The highest BCUT2D eigenvalue weighted by atomic mass is 16.1. The van der Waals surface area contributed by atoms with Gasteiger partial charge >= 0.3 is 0 Å². The maximum absolute atomic E-state index is 11.8. The Bertz CT molecular complexity index is 494. The molecule has 0 aliphatic carbocycles. The predicted molar refractivity (Wildman–Crippen MR) is 63.4 cm³/mol. The average molecular weight is 212 g/mol. The summed E-state index contributed by atoms with van der Waals surface area (Å²) >= 11 is 0. The Labute approximate surface area is 94.1 Å². The molecule has 1 heterocycles. The SMILES string of the molecule is Cc1cc(C(=O)Nc2ccccc2)ccn1. The van der Waals surface area contributed by atoms with E-state index in [1.807, 2.05) is 37.3 Å². The topological polar surface area (TPSA) is 42.0 Å². The first-order chi connectivity index (χ1) is 7.75. The van der Waals surface area contributed by atoms with Crippen molar-refractivity contribution in [2.45, 2.75) is 6.92 Å². The van der Waals surface area contributed by atoms with Gasteiger partial charge in [0.1, 0.15) is 0 Å². The quantitative estimate of drug-likeness (QED) is 0.831. The summed E-state index contributed by atoms with van der Waals surface area (Å²) in [5.41, 5.74) is 2.25. The highest BCUT2D eigenvalue weighted by Crippen LogP contribution is 2.08. The number of hydrogen-bond acceptors (Lipinski definition) is 2. The zero-order valence-electron chi connectivity index (χ0n) is 8.97. The molecule has 1 aromatic heterocycles. The number of carbonyl (C=O) groups is 1. The smallest absolute Gasteiger partial charge is 0.255 e. The van der Waals surface area contributed by atoms with Gasteiger partial charge in [0.15, 0.2) is 0 Å². The van der Waals surface area contributed by atoms with Crippen molar-refractivity contribution in [1.82, 2.24) is 4.98 Å². The molecule has 1 amide bonds. The van der Waals surface area contributed by atoms with Crippen molar-refractivity contribution in [3.63, 3.8) is 0 Å². The van der Waals surface area contributed by atoms with Gasteiger partial charge in [-0.1, -0.05) is 18.2 Å². The third-order valence-corrected chi connectivity index (χ3v) is 2.19. The van der Waals surface area contributed by atoms with Crippen LogP contribution in [0.4, 0.5) is 5.69 Å². The van der Waals surface area contributed by atoms with Gasteiger partial charge in [-0.15, -0.1) is 0 Å². The fourth-order valence-electron chi connectivity index (χ4n) is 1.41. The van der Waals surface area contributed by atoms with E-state index in [-0.39, 0.29) is 5.91 Å². The number of rotatable bonds is 2. The highest BCUT2D eigenvalue weighted by molar-refractivity contribution is 6.04. The zero-order valence-corrected chi connectivity index (χ0v) is 8.97. The van der Waals surface area contributed by atoms with Crippen molar-refractivity contribution in [2.75, 3.05) is 5.32 Å². The first-order valence-electron chi connectivity index (χ1n) is 5.05. The van der Waals surface area contributed by atoms with Gasteiger partial charge in [0, 0.05) is 23.1 Å². The summed E-state index contributed by atoms with van der Waals surface area (Å²) in [5, 5.41) is 2.82. The minimum Gasteiger partial charge on any atom is -0.322 e. The average Bonchev–Trinajstić information content (AvgIpc) is 2.30. The Hall–Kier alpha value is -2.16. The lowest BCUT2D eigenvalue weighted by Gasteiger charge is -2.04. The molecule has 2 aromatic rings. The number of aromatic nitrogens is 1. The van der Waals surface area contributed by atoms with Crippen LogP contribution < -0.4 is 5.32 Å². The van der Waals surface area contributed by atoms with Crippen LogP contribution in [0.1, 0.15) is 16.1 Å². The number of pyridine rings is 1. The normalized spacial score (nSPS) is 9.81. The monoisotopic (exact) mass is 212 g/mol. The van der Waals surface area contributed by atoms with E-state index in [1.165, 1.54) is 0 Å². The Morgan fingerprint density at radius 1 is 1.19 bits per heavy atom. The minimum atomic E-state index is -0.114. The summed E-state index contributed by atoms with van der Waals surface area (Å²) in [7, 11) is 0. The molecule has 16 heavy (non-hydrogen) atoms. The van der Waals surface area contributed by atoms with Crippen LogP contribution >= 0.6 is 0 Å². The second-order valence-electron chi connectivity index (χ2n) is 3.51. The molecule has 0 aliphatic rings. The van der Waals surface area contributed by atoms with Crippen LogP contribution in [0.3, 0.4) is 0 Å². The summed E-state index contributed by atoms with van der Waals surface area (Å²) in [4.78, 5) is 15.9. The molecule has 0 atom stereocenters. The first-order valence-corrected chi connectivity index (χ1v) is 5.05. The minimum absolute atomic E-state index is 0.114. The Morgan fingerprint density at radius 3 is 2.62 bits per heavy atom. The molecule has 2 rings (SSSR count). The van der Waals surface area contributed by atoms with Crippen LogP contribution in [0.15, 0.2) is 48.7 Å². The van der Waals surface area contributed by atoms with Gasteiger partial charge in [0.25, 0.3) is 5.91 Å². The van der Waals surface area contributed by atoms with E-state index in [1.54, 1.807) is 18.3 Å². The van der Waals surface area contributed by atoms with Gasteiger partial charge in [-0.05, 0) is 31.2 Å². The van der Waals surface area contributed by atoms with Crippen LogP contribution in [0.5, 0.6) is 0 Å². The summed E-state index contributed by atoms with van der Waals surface area (Å²) in [6, 6.07) is 12.8. The molecule has 3 nitrogen and oxygen atoms in total. The fourth-order valence-corrected chi connectivity index (χ4v) is 1.41. The number of para-hydroxylation sites is 1. The van der Waals surface area contributed by atoms with Gasteiger partial charge in [-0.2, -0.15) is 0 Å². The molecule has 0 saturated carbocycles. The molecule has 0 radical (unpaired) electrons. The Balaban J connectivity index is 2.15. The molecule has 0 aliphatic heterocycles. The van der Waals surface area contributed by atoms with E-state index in [2.05, 4.69) is 10.3 Å². The lowest BCUT2D eigenvalue weighted by Crippen LogP contribution is -2.11. The maximum atomic E-state index is 11.8. The predicted octanol–water partition coefficient (Wildman–Crippen LogP) is 2.64. The summed E-state index contributed by atoms with van der Waals surface area (Å²) in [6.45, 7) is 1.86. The number of anilines is 1. The van der Waals surface area contributed by atoms with Gasteiger partial charge in [0.05, 0.1) is 0 Å². The largest absolute Gasteiger partial charge is 0.322 e. The van der Waals surface area contributed by atoms with Crippen LogP contribution in [-0.4, -0.2) is 10.9 Å². The molecule has 0 spiro atoms. The molecule has 0 unspecified atom stereocenters. The Morgan fingerprint density at radius 2 is 1.94 bits per heavy atom. The van der Waals surface area contributed by atoms with Crippen LogP contribution in [0, 0.1) is 6.92 Å². The number of nitrogens with zero attached hydrogens (tertiary/aromatic N) is 1. The maximum Gasteiger partial charge on any atom is 0.255 e. The van der Waals surface area contributed by atoms with Crippen molar-refractivity contribution in [3.8, 4) is 0 Å². The number of aryl methyl sites for hydroxylation is 1. The van der Waals surface area contributed by atoms with E-state index in [0.29, 0.717) is 5.56 Å². The number of amides is 1. The van der Waals surface area contributed by atoms with E-state index < -0.39 is 0 Å². The summed E-state index contributed by atoms with van der Waals surface area (Å²) in [6.07, 6.45) is 1.63. The summed E-state index contributed by atoms with van der Waals surface area (Å²) < 4.78 is 0. The second kappa shape index (κ2) is 4.57. The van der Waals surface area contributed by atoms with E-state index in [0.717, 1.165) is 11.4 Å². The third kappa shape index (κ3) is 2.45. The Kier molecular flexibility index (Phi) is 2.96. The molecular formula is C13H12N2O. The van der Waals surface area contributed by atoms with E-state index in [4.69, 9.17) is 0 Å². The van der Waals surface area contributed by atoms with Gasteiger partial charge < -0.3 is 5.32 Å². The number of nitrogens with one attached hydrogen (secondary N) is 1.